The fourth-order valence-corrected chi connectivity index (χ4v) is 6.03. The number of nitrogens with one attached hydrogen (secondary N) is 2. The molecule has 35 heavy (non-hydrogen) atoms. The van der Waals surface area contributed by atoms with Crippen LogP contribution in [0.1, 0.15) is 69.6 Å². The molecule has 1 aliphatic carbocycles. The number of amides is 2. The second kappa shape index (κ2) is 10.1. The van der Waals surface area contributed by atoms with Gasteiger partial charge in [-0.2, -0.15) is 13.2 Å². The Kier molecular flexibility index (Phi) is 7.48. The van der Waals surface area contributed by atoms with E-state index in [0.29, 0.717) is 30.1 Å². The smallest absolute Gasteiger partial charge is 0.381 e. The zero-order valence-corrected chi connectivity index (χ0v) is 20.8. The highest BCUT2D eigenvalue weighted by molar-refractivity contribution is 5.90. The van der Waals surface area contributed by atoms with Crippen molar-refractivity contribution >= 4 is 17.5 Å². The van der Waals surface area contributed by atoms with Crippen molar-refractivity contribution in [2.24, 2.45) is 11.3 Å². The van der Waals surface area contributed by atoms with Crippen molar-refractivity contribution in [3.8, 4) is 0 Å². The minimum absolute atomic E-state index is 0.0351. The van der Waals surface area contributed by atoms with Gasteiger partial charge in [0.1, 0.15) is 0 Å². The molecule has 6 nitrogen and oxygen atoms in total. The number of carbonyl (C=O) groups excluding carboxylic acids is 2. The second-order valence-electron chi connectivity index (χ2n) is 10.6. The fraction of sp³-hybridized carbons (Fsp3) is 0.692. The zero-order valence-electron chi connectivity index (χ0n) is 20.8. The van der Waals surface area contributed by atoms with Gasteiger partial charge >= 0.3 is 6.18 Å². The molecule has 2 N–H and O–H groups in total. The number of rotatable bonds is 5. The van der Waals surface area contributed by atoms with E-state index in [1.54, 1.807) is 4.90 Å². The van der Waals surface area contributed by atoms with E-state index in [1.165, 1.54) is 6.92 Å². The highest BCUT2D eigenvalue weighted by Crippen LogP contribution is 2.47. The summed E-state index contributed by atoms with van der Waals surface area (Å²) in [6, 6.07) is 2.79. The number of ether oxygens (including phenoxy) is 1. The molecule has 2 fully saturated rings. The molecule has 1 saturated heterocycles. The fourth-order valence-electron chi connectivity index (χ4n) is 6.03. The first-order valence-corrected chi connectivity index (χ1v) is 12.6. The molecular weight excluding hydrogens is 459 g/mol. The predicted octanol–water partition coefficient (Wildman–Crippen LogP) is 4.51. The van der Waals surface area contributed by atoms with E-state index in [0.717, 1.165) is 57.5 Å². The Morgan fingerprint density at radius 3 is 2.49 bits per heavy atom. The highest BCUT2D eigenvalue weighted by atomic mass is 19.4. The summed E-state index contributed by atoms with van der Waals surface area (Å²) in [4.78, 5) is 27.3. The number of fused-ring (bicyclic) bond motifs is 1. The predicted molar refractivity (Wildman–Crippen MR) is 127 cm³/mol. The van der Waals surface area contributed by atoms with Crippen LogP contribution in [-0.2, 0) is 33.5 Å². The van der Waals surface area contributed by atoms with Gasteiger partial charge in [-0.1, -0.05) is 13.8 Å². The Balaban J connectivity index is 1.55. The molecule has 2 atom stereocenters. The van der Waals surface area contributed by atoms with Crippen LogP contribution in [0.25, 0.3) is 0 Å². The maximum atomic E-state index is 13.9. The van der Waals surface area contributed by atoms with Crippen LogP contribution >= 0.6 is 0 Å². The monoisotopic (exact) mass is 495 g/mol. The summed E-state index contributed by atoms with van der Waals surface area (Å²) >= 11 is 0. The number of nitrogens with zero attached hydrogens (tertiary/aromatic N) is 1. The quantitative estimate of drug-likeness (QED) is 0.631. The van der Waals surface area contributed by atoms with Crippen LogP contribution in [0, 0.1) is 11.3 Å². The summed E-state index contributed by atoms with van der Waals surface area (Å²) in [5, 5.41) is 6.29. The third-order valence-electron chi connectivity index (χ3n) is 8.03. The van der Waals surface area contributed by atoms with Gasteiger partial charge in [0, 0.05) is 51.0 Å². The molecule has 9 heteroatoms. The molecular formula is C26H36F3N3O3. The van der Waals surface area contributed by atoms with Crippen molar-refractivity contribution in [3.05, 3.63) is 28.8 Å². The molecule has 1 saturated carbocycles. The molecule has 2 unspecified atom stereocenters. The molecule has 0 radical (unpaired) electrons. The van der Waals surface area contributed by atoms with E-state index in [2.05, 4.69) is 24.5 Å². The normalized spacial score (nSPS) is 25.6. The average molecular weight is 496 g/mol. The van der Waals surface area contributed by atoms with Gasteiger partial charge in [-0.15, -0.1) is 0 Å². The van der Waals surface area contributed by atoms with Gasteiger partial charge in [0.2, 0.25) is 11.8 Å². The molecule has 2 amide bonds. The number of halogens is 3. The molecule has 0 bridgehead atoms. The Bertz CT molecular complexity index is 959. The van der Waals surface area contributed by atoms with Crippen LogP contribution in [0.2, 0.25) is 0 Å². The van der Waals surface area contributed by atoms with Crippen LogP contribution in [0.15, 0.2) is 12.1 Å². The van der Waals surface area contributed by atoms with Crippen LogP contribution in [0.3, 0.4) is 0 Å². The van der Waals surface area contributed by atoms with Crippen molar-refractivity contribution in [1.29, 1.82) is 0 Å². The van der Waals surface area contributed by atoms with Gasteiger partial charge in [0.05, 0.1) is 11.0 Å². The maximum Gasteiger partial charge on any atom is 0.416 e. The van der Waals surface area contributed by atoms with Gasteiger partial charge in [-0.05, 0) is 67.7 Å². The number of hydrogen-bond acceptors (Lipinski definition) is 4. The molecule has 3 aliphatic rings. The molecule has 1 aromatic carbocycles. The van der Waals surface area contributed by atoms with Crippen LogP contribution in [0.5, 0.6) is 0 Å². The van der Waals surface area contributed by atoms with E-state index in [9.17, 15) is 22.8 Å². The van der Waals surface area contributed by atoms with Crippen molar-refractivity contribution in [2.75, 3.05) is 25.1 Å². The number of alkyl halides is 3. The number of carbonyl (C=O) groups is 2. The minimum atomic E-state index is -4.54. The lowest BCUT2D eigenvalue weighted by Gasteiger charge is -2.40. The number of hydrogen-bond donors (Lipinski definition) is 2. The maximum absolute atomic E-state index is 13.9. The van der Waals surface area contributed by atoms with Gasteiger partial charge < -0.3 is 20.3 Å². The first kappa shape index (κ1) is 25.9. The standard InChI is InChI=1S/C26H36F3N3O3/c1-16(2)25(8-4-21(14-25)31-20-6-10-35-11-7-20)24(34)32-9-5-22-18(15-32)12-19(26(27,28)29)13-23(22)30-17(3)33/h12-13,16,20-21,31H,4-11,14-15H2,1-3H3,(H,30,33). The van der Waals surface area contributed by atoms with Crippen molar-refractivity contribution in [2.45, 2.75) is 84.1 Å². The number of anilines is 1. The Labute approximate surface area is 205 Å². The summed E-state index contributed by atoms with van der Waals surface area (Å²) in [6.07, 6.45) is 0.239. The first-order chi connectivity index (χ1) is 16.5. The van der Waals surface area contributed by atoms with Crippen LogP contribution in [-0.4, -0.2) is 48.6 Å². The van der Waals surface area contributed by atoms with E-state index in [-0.39, 0.29) is 30.1 Å². The summed E-state index contributed by atoms with van der Waals surface area (Å²) < 4.78 is 46.2. The van der Waals surface area contributed by atoms with Crippen molar-refractivity contribution in [1.82, 2.24) is 10.2 Å². The third-order valence-corrected chi connectivity index (χ3v) is 8.03. The minimum Gasteiger partial charge on any atom is -0.381 e. The number of benzene rings is 1. The summed E-state index contributed by atoms with van der Waals surface area (Å²) in [7, 11) is 0. The molecule has 2 aliphatic heterocycles. The molecule has 0 spiro atoms. The van der Waals surface area contributed by atoms with Gasteiger partial charge in [-0.25, -0.2) is 0 Å². The zero-order chi connectivity index (χ0) is 25.4. The first-order valence-electron chi connectivity index (χ1n) is 12.6. The Hall–Kier alpha value is -2.13. The van der Waals surface area contributed by atoms with E-state index in [4.69, 9.17) is 4.74 Å². The molecule has 2 heterocycles. The SMILES string of the molecule is CC(=O)Nc1cc(C(F)(F)F)cc2c1CCN(C(=O)C1(C(C)C)CCC(NC3CCOCC3)C1)C2. The third kappa shape index (κ3) is 5.50. The van der Waals surface area contributed by atoms with Gasteiger partial charge in [0.15, 0.2) is 0 Å². The molecule has 194 valence electrons. The van der Waals surface area contributed by atoms with E-state index >= 15 is 0 Å². The summed E-state index contributed by atoms with van der Waals surface area (Å²) in [6.45, 7) is 7.49. The van der Waals surface area contributed by atoms with Crippen LogP contribution in [0.4, 0.5) is 18.9 Å². The molecule has 4 rings (SSSR count). The summed E-state index contributed by atoms with van der Waals surface area (Å²) in [5.41, 5.74) is -0.00930. The lowest BCUT2D eigenvalue weighted by atomic mass is 9.73. The lowest BCUT2D eigenvalue weighted by Crippen LogP contribution is -2.49. The molecule has 1 aromatic rings. The largest absolute Gasteiger partial charge is 0.416 e. The topological polar surface area (TPSA) is 70.7 Å². The van der Waals surface area contributed by atoms with E-state index in [1.807, 2.05) is 0 Å². The molecule has 0 aromatic heterocycles. The van der Waals surface area contributed by atoms with Crippen LogP contribution < -0.4 is 10.6 Å². The Morgan fingerprint density at radius 2 is 1.86 bits per heavy atom. The lowest BCUT2D eigenvalue weighted by molar-refractivity contribution is -0.146. The Morgan fingerprint density at radius 1 is 1.14 bits per heavy atom. The van der Waals surface area contributed by atoms with E-state index < -0.39 is 23.1 Å². The van der Waals surface area contributed by atoms with Gasteiger partial charge in [-0.3, -0.25) is 9.59 Å². The average Bonchev–Trinajstić information content (AvgIpc) is 3.23. The van der Waals surface area contributed by atoms with Crippen molar-refractivity contribution < 1.29 is 27.5 Å². The van der Waals surface area contributed by atoms with Crippen molar-refractivity contribution in [3.63, 3.8) is 0 Å². The summed E-state index contributed by atoms with van der Waals surface area (Å²) in [5.74, 6) is -0.264. The highest BCUT2D eigenvalue weighted by Gasteiger charge is 2.50. The van der Waals surface area contributed by atoms with Gasteiger partial charge in [0.25, 0.3) is 0 Å². The second-order valence-corrected chi connectivity index (χ2v) is 10.6.